The van der Waals surface area contributed by atoms with Gasteiger partial charge in [0.25, 0.3) is 5.91 Å². The molecule has 0 fully saturated rings. The monoisotopic (exact) mass is 431 g/mol. The molecule has 0 aliphatic carbocycles. The summed E-state index contributed by atoms with van der Waals surface area (Å²) in [7, 11) is 0. The molecular weight excluding hydrogens is 413 g/mol. The van der Waals surface area contributed by atoms with Crippen LogP contribution >= 0.6 is 23.2 Å². The van der Waals surface area contributed by atoms with E-state index in [1.165, 1.54) is 0 Å². The first-order chi connectivity index (χ1) is 14.0. The quantitative estimate of drug-likeness (QED) is 0.344. The molecule has 0 bridgehead atoms. The zero-order chi connectivity index (χ0) is 20.8. The summed E-state index contributed by atoms with van der Waals surface area (Å²) in [6.45, 7) is 2.42. The molecule has 1 amide bonds. The van der Waals surface area contributed by atoms with Gasteiger partial charge in [0.1, 0.15) is 5.76 Å². The smallest absolute Gasteiger partial charge is 0.338 e. The number of benzene rings is 2. The van der Waals surface area contributed by atoms with Crippen LogP contribution in [0.2, 0.25) is 10.0 Å². The molecular formula is C22H19Cl2NO4. The van der Waals surface area contributed by atoms with Crippen LogP contribution in [0.15, 0.2) is 59.0 Å². The SMILES string of the molecule is CCCCOC(=O)c1ccc(NC(=O)c2ccc(-c3ccc(Cl)cc3Cl)o2)cc1. The Bertz CT molecular complexity index is 1010. The first kappa shape index (κ1) is 21.0. The molecule has 0 aliphatic rings. The third-order valence-corrected chi connectivity index (χ3v) is 4.68. The second kappa shape index (κ2) is 9.63. The Labute approximate surface area is 178 Å². The van der Waals surface area contributed by atoms with Gasteiger partial charge in [0.2, 0.25) is 0 Å². The average Bonchev–Trinajstić information content (AvgIpc) is 3.18. The molecule has 0 aliphatic heterocycles. The zero-order valence-electron chi connectivity index (χ0n) is 15.7. The minimum absolute atomic E-state index is 0.133. The van der Waals surface area contributed by atoms with Gasteiger partial charge in [0.15, 0.2) is 5.76 Å². The standard InChI is InChI=1S/C22H19Cl2NO4/c1-2-3-12-28-22(27)14-4-7-16(8-5-14)25-21(26)20-11-10-19(29-20)17-9-6-15(23)13-18(17)24/h4-11,13H,2-3,12H2,1H3,(H,25,26). The molecule has 0 radical (unpaired) electrons. The fourth-order valence-electron chi connectivity index (χ4n) is 2.57. The zero-order valence-corrected chi connectivity index (χ0v) is 17.2. The Morgan fingerprint density at radius 3 is 2.48 bits per heavy atom. The number of esters is 1. The summed E-state index contributed by atoms with van der Waals surface area (Å²) in [6.07, 6.45) is 1.78. The minimum Gasteiger partial charge on any atom is -0.462 e. The van der Waals surface area contributed by atoms with Gasteiger partial charge in [-0.2, -0.15) is 0 Å². The van der Waals surface area contributed by atoms with Crippen LogP contribution in [0.5, 0.6) is 0 Å². The second-order valence-electron chi connectivity index (χ2n) is 6.31. The Morgan fingerprint density at radius 2 is 1.79 bits per heavy atom. The minimum atomic E-state index is -0.417. The van der Waals surface area contributed by atoms with Gasteiger partial charge < -0.3 is 14.5 Å². The van der Waals surface area contributed by atoms with Gasteiger partial charge in [-0.15, -0.1) is 0 Å². The fourth-order valence-corrected chi connectivity index (χ4v) is 3.07. The molecule has 2 aromatic carbocycles. The van der Waals surface area contributed by atoms with E-state index in [4.69, 9.17) is 32.4 Å². The first-order valence-corrected chi connectivity index (χ1v) is 9.87. The van der Waals surface area contributed by atoms with E-state index in [0.717, 1.165) is 12.8 Å². The lowest BCUT2D eigenvalue weighted by atomic mass is 10.2. The summed E-state index contributed by atoms with van der Waals surface area (Å²) in [6, 6.07) is 14.7. The van der Waals surface area contributed by atoms with E-state index in [9.17, 15) is 9.59 Å². The number of halogens is 2. The van der Waals surface area contributed by atoms with Crippen molar-refractivity contribution >= 4 is 40.8 Å². The number of anilines is 1. The van der Waals surface area contributed by atoms with Crippen LogP contribution in [0, 0.1) is 0 Å². The molecule has 0 atom stereocenters. The summed E-state index contributed by atoms with van der Waals surface area (Å²) in [5.74, 6) is -0.206. The first-order valence-electron chi connectivity index (χ1n) is 9.11. The Kier molecular flexibility index (Phi) is 6.96. The highest BCUT2D eigenvalue weighted by molar-refractivity contribution is 6.36. The highest BCUT2D eigenvalue weighted by Crippen LogP contribution is 2.31. The molecule has 1 aromatic heterocycles. The summed E-state index contributed by atoms with van der Waals surface area (Å²) < 4.78 is 10.8. The van der Waals surface area contributed by atoms with Crippen LogP contribution in [-0.2, 0) is 4.74 Å². The summed E-state index contributed by atoms with van der Waals surface area (Å²) >= 11 is 12.1. The summed E-state index contributed by atoms with van der Waals surface area (Å²) in [4.78, 5) is 24.4. The van der Waals surface area contributed by atoms with Gasteiger partial charge in [-0.25, -0.2) is 4.79 Å². The maximum absolute atomic E-state index is 12.4. The van der Waals surface area contributed by atoms with Crippen molar-refractivity contribution < 1.29 is 18.7 Å². The van der Waals surface area contributed by atoms with Gasteiger partial charge in [-0.1, -0.05) is 36.5 Å². The van der Waals surface area contributed by atoms with Crippen LogP contribution in [0.25, 0.3) is 11.3 Å². The number of amides is 1. The molecule has 0 unspecified atom stereocenters. The molecule has 1 N–H and O–H groups in total. The number of carbonyl (C=O) groups is 2. The second-order valence-corrected chi connectivity index (χ2v) is 7.15. The number of carbonyl (C=O) groups excluding carboxylic acids is 2. The molecule has 7 heteroatoms. The van der Waals surface area contributed by atoms with Crippen molar-refractivity contribution in [1.29, 1.82) is 0 Å². The topological polar surface area (TPSA) is 68.5 Å². The van der Waals surface area contributed by atoms with Crippen LogP contribution in [0.3, 0.4) is 0 Å². The number of rotatable bonds is 7. The van der Waals surface area contributed by atoms with Crippen molar-refractivity contribution in [2.45, 2.75) is 19.8 Å². The summed E-state index contributed by atoms with van der Waals surface area (Å²) in [5.41, 5.74) is 1.60. The fraction of sp³-hybridized carbons (Fsp3) is 0.182. The number of unbranched alkanes of at least 4 members (excludes halogenated alkanes) is 1. The number of ether oxygens (including phenoxy) is 1. The van der Waals surface area contributed by atoms with E-state index in [-0.39, 0.29) is 11.7 Å². The van der Waals surface area contributed by atoms with Crippen molar-refractivity contribution in [3.63, 3.8) is 0 Å². The van der Waals surface area contributed by atoms with Crippen LogP contribution in [0.4, 0.5) is 5.69 Å². The van der Waals surface area contributed by atoms with Crippen LogP contribution < -0.4 is 5.32 Å². The van der Waals surface area contributed by atoms with Crippen molar-refractivity contribution in [2.75, 3.05) is 11.9 Å². The lowest BCUT2D eigenvalue weighted by Crippen LogP contribution is -2.11. The average molecular weight is 432 g/mol. The van der Waals surface area contributed by atoms with E-state index < -0.39 is 5.91 Å². The Balaban J connectivity index is 1.65. The van der Waals surface area contributed by atoms with E-state index in [2.05, 4.69) is 5.32 Å². The van der Waals surface area contributed by atoms with Gasteiger partial charge in [0.05, 0.1) is 17.2 Å². The van der Waals surface area contributed by atoms with Gasteiger partial charge in [-0.05, 0) is 61.0 Å². The Morgan fingerprint density at radius 1 is 1.03 bits per heavy atom. The number of hydrogen-bond donors (Lipinski definition) is 1. The normalized spacial score (nSPS) is 10.6. The van der Waals surface area contributed by atoms with Crippen molar-refractivity contribution in [3.8, 4) is 11.3 Å². The number of furan rings is 1. The molecule has 1 heterocycles. The largest absolute Gasteiger partial charge is 0.462 e. The van der Waals surface area contributed by atoms with E-state index in [1.807, 2.05) is 6.92 Å². The third-order valence-electron chi connectivity index (χ3n) is 4.14. The van der Waals surface area contributed by atoms with Crippen LogP contribution in [-0.4, -0.2) is 18.5 Å². The summed E-state index contributed by atoms with van der Waals surface area (Å²) in [5, 5.41) is 3.67. The molecule has 5 nitrogen and oxygen atoms in total. The Hall–Kier alpha value is -2.76. The van der Waals surface area contributed by atoms with Gasteiger partial charge in [-0.3, -0.25) is 4.79 Å². The van der Waals surface area contributed by atoms with E-state index in [1.54, 1.807) is 54.6 Å². The van der Waals surface area contributed by atoms with Gasteiger partial charge >= 0.3 is 5.97 Å². The van der Waals surface area contributed by atoms with Crippen molar-refractivity contribution in [2.24, 2.45) is 0 Å². The van der Waals surface area contributed by atoms with Crippen molar-refractivity contribution in [3.05, 3.63) is 76.0 Å². The highest BCUT2D eigenvalue weighted by atomic mass is 35.5. The van der Waals surface area contributed by atoms with Crippen LogP contribution in [0.1, 0.15) is 40.7 Å². The van der Waals surface area contributed by atoms with Gasteiger partial charge in [0, 0.05) is 16.3 Å². The molecule has 150 valence electrons. The maximum atomic E-state index is 12.4. The van der Waals surface area contributed by atoms with Crippen molar-refractivity contribution in [1.82, 2.24) is 0 Å². The lowest BCUT2D eigenvalue weighted by Gasteiger charge is -2.06. The molecule has 3 rings (SSSR count). The molecule has 0 spiro atoms. The molecule has 29 heavy (non-hydrogen) atoms. The maximum Gasteiger partial charge on any atom is 0.338 e. The molecule has 0 saturated carbocycles. The molecule has 3 aromatic rings. The predicted octanol–water partition coefficient (Wildman–Crippen LogP) is 6.46. The lowest BCUT2D eigenvalue weighted by molar-refractivity contribution is 0.0499. The number of nitrogens with one attached hydrogen (secondary N) is 1. The predicted molar refractivity (Wildman–Crippen MR) is 114 cm³/mol. The third kappa shape index (κ3) is 5.40. The molecule has 0 saturated heterocycles. The van der Waals surface area contributed by atoms with E-state index in [0.29, 0.717) is 39.2 Å². The number of hydrogen-bond acceptors (Lipinski definition) is 4. The highest BCUT2D eigenvalue weighted by Gasteiger charge is 2.15. The van der Waals surface area contributed by atoms with E-state index >= 15 is 0 Å².